The van der Waals surface area contributed by atoms with Crippen molar-refractivity contribution in [2.24, 2.45) is 0 Å². The first-order chi connectivity index (χ1) is 6.65. The predicted octanol–water partition coefficient (Wildman–Crippen LogP) is 1.76. The average molecular weight is 211 g/mol. The number of aromatic nitrogens is 1. The van der Waals surface area contributed by atoms with Crippen LogP contribution in [0.1, 0.15) is 24.2 Å². The van der Waals surface area contributed by atoms with Gasteiger partial charge in [0.1, 0.15) is 5.03 Å². The molecule has 0 aliphatic heterocycles. The number of rotatable bonds is 4. The summed E-state index contributed by atoms with van der Waals surface area (Å²) in [7, 11) is 0. The van der Waals surface area contributed by atoms with Gasteiger partial charge in [-0.05, 0) is 19.1 Å². The molecule has 0 bridgehead atoms. The first-order valence-corrected chi connectivity index (χ1v) is 5.26. The Morgan fingerprint density at radius 1 is 1.71 bits per heavy atom. The zero-order valence-corrected chi connectivity index (χ0v) is 9.04. The van der Waals surface area contributed by atoms with E-state index in [0.717, 1.165) is 0 Å². The summed E-state index contributed by atoms with van der Waals surface area (Å²) < 4.78 is 0. The highest BCUT2D eigenvalue weighted by atomic mass is 32.2. The van der Waals surface area contributed by atoms with Gasteiger partial charge in [0.05, 0.1) is 6.61 Å². The number of Topliss-reactive ketones (excluding diaryl/α,β-unsaturated/α-hetero) is 1. The third-order valence-electron chi connectivity index (χ3n) is 1.72. The number of hydrogen-bond donors (Lipinski definition) is 1. The van der Waals surface area contributed by atoms with Crippen LogP contribution in [0.15, 0.2) is 23.4 Å². The lowest BCUT2D eigenvalue weighted by Gasteiger charge is -2.08. The van der Waals surface area contributed by atoms with E-state index in [1.807, 2.05) is 6.92 Å². The van der Waals surface area contributed by atoms with Crippen LogP contribution in [0.25, 0.3) is 0 Å². The topological polar surface area (TPSA) is 50.2 Å². The molecule has 0 aliphatic carbocycles. The normalized spacial score (nSPS) is 12.5. The molecule has 1 rings (SSSR count). The lowest BCUT2D eigenvalue weighted by atomic mass is 10.2. The van der Waals surface area contributed by atoms with Crippen molar-refractivity contribution in [2.45, 2.75) is 24.1 Å². The minimum atomic E-state index is 0.00531. The first kappa shape index (κ1) is 11.2. The largest absolute Gasteiger partial charge is 0.395 e. The molecule has 0 radical (unpaired) electrons. The van der Waals surface area contributed by atoms with Gasteiger partial charge >= 0.3 is 0 Å². The highest BCUT2D eigenvalue weighted by Gasteiger charge is 2.11. The van der Waals surface area contributed by atoms with E-state index < -0.39 is 0 Å². The molecule has 4 heteroatoms. The maximum absolute atomic E-state index is 11.2. The number of pyridine rings is 1. The molecule has 14 heavy (non-hydrogen) atoms. The van der Waals surface area contributed by atoms with Crippen LogP contribution in [0.5, 0.6) is 0 Å². The van der Waals surface area contributed by atoms with Gasteiger partial charge in [0.15, 0.2) is 5.78 Å². The molecule has 0 spiro atoms. The van der Waals surface area contributed by atoms with Gasteiger partial charge in [-0.1, -0.05) is 6.92 Å². The van der Waals surface area contributed by atoms with Gasteiger partial charge in [-0.2, -0.15) is 0 Å². The quantitative estimate of drug-likeness (QED) is 0.609. The molecular formula is C10H13NO2S. The Morgan fingerprint density at radius 3 is 3.00 bits per heavy atom. The molecule has 0 amide bonds. The summed E-state index contributed by atoms with van der Waals surface area (Å²) in [5.74, 6) is 0.00531. The Labute approximate surface area is 87.6 Å². The molecule has 1 aromatic rings. The third-order valence-corrected chi connectivity index (χ3v) is 2.82. The maximum atomic E-state index is 11.2. The second kappa shape index (κ2) is 5.12. The second-order valence-corrected chi connectivity index (χ2v) is 4.45. The predicted molar refractivity (Wildman–Crippen MR) is 56.6 cm³/mol. The van der Waals surface area contributed by atoms with Gasteiger partial charge in [-0.25, -0.2) is 4.98 Å². The standard InChI is InChI=1S/C10H13NO2S/c1-7(6-12)14-10-9(8(2)13)4-3-5-11-10/h3-5,7,12H,6H2,1-2H3. The molecule has 1 N–H and O–H groups in total. The Hall–Kier alpha value is -0.870. The lowest BCUT2D eigenvalue weighted by molar-refractivity contribution is 0.101. The van der Waals surface area contributed by atoms with Gasteiger partial charge in [0.25, 0.3) is 0 Å². The second-order valence-electron chi connectivity index (χ2n) is 3.02. The van der Waals surface area contributed by atoms with E-state index in [4.69, 9.17) is 5.11 Å². The van der Waals surface area contributed by atoms with Gasteiger partial charge in [0.2, 0.25) is 0 Å². The molecule has 1 aromatic heterocycles. The van der Waals surface area contributed by atoms with Crippen molar-refractivity contribution in [1.82, 2.24) is 4.98 Å². The molecule has 76 valence electrons. The number of thioether (sulfide) groups is 1. The highest BCUT2D eigenvalue weighted by molar-refractivity contribution is 7.99. The molecule has 0 saturated carbocycles. The lowest BCUT2D eigenvalue weighted by Crippen LogP contribution is -2.05. The molecule has 0 aromatic carbocycles. The number of hydrogen-bond acceptors (Lipinski definition) is 4. The molecule has 1 unspecified atom stereocenters. The Bertz CT molecular complexity index is 328. The fourth-order valence-corrected chi connectivity index (χ4v) is 1.90. The van der Waals surface area contributed by atoms with Crippen molar-refractivity contribution in [3.8, 4) is 0 Å². The zero-order valence-electron chi connectivity index (χ0n) is 8.23. The van der Waals surface area contributed by atoms with Crippen LogP contribution in [-0.2, 0) is 0 Å². The van der Waals surface area contributed by atoms with Crippen LogP contribution in [0.3, 0.4) is 0 Å². The van der Waals surface area contributed by atoms with E-state index in [0.29, 0.717) is 10.6 Å². The minimum absolute atomic E-state index is 0.00531. The van der Waals surface area contributed by atoms with Crippen molar-refractivity contribution in [1.29, 1.82) is 0 Å². The van der Waals surface area contributed by atoms with Crippen LogP contribution in [0.2, 0.25) is 0 Å². The van der Waals surface area contributed by atoms with Crippen molar-refractivity contribution < 1.29 is 9.90 Å². The summed E-state index contributed by atoms with van der Waals surface area (Å²) in [5, 5.41) is 9.65. The third kappa shape index (κ3) is 2.82. The minimum Gasteiger partial charge on any atom is -0.395 e. The number of nitrogens with zero attached hydrogens (tertiary/aromatic N) is 1. The zero-order chi connectivity index (χ0) is 10.6. The number of aliphatic hydroxyl groups excluding tert-OH is 1. The van der Waals surface area contributed by atoms with Gasteiger partial charge in [-0.3, -0.25) is 4.79 Å². The van der Waals surface area contributed by atoms with Crippen molar-refractivity contribution in [3.63, 3.8) is 0 Å². The van der Waals surface area contributed by atoms with E-state index in [1.165, 1.54) is 18.7 Å². The molecule has 0 fully saturated rings. The summed E-state index contributed by atoms with van der Waals surface area (Å²) in [4.78, 5) is 15.3. The van der Waals surface area contributed by atoms with Gasteiger partial charge in [0, 0.05) is 17.0 Å². The summed E-state index contributed by atoms with van der Waals surface area (Å²) >= 11 is 1.42. The van der Waals surface area contributed by atoms with E-state index in [9.17, 15) is 4.79 Å². The smallest absolute Gasteiger partial charge is 0.162 e. The van der Waals surface area contributed by atoms with Gasteiger partial charge in [-0.15, -0.1) is 11.8 Å². The maximum Gasteiger partial charge on any atom is 0.162 e. The molecular weight excluding hydrogens is 198 g/mol. The fraction of sp³-hybridized carbons (Fsp3) is 0.400. The molecule has 1 atom stereocenters. The fourth-order valence-electron chi connectivity index (χ4n) is 0.981. The van der Waals surface area contributed by atoms with Crippen LogP contribution >= 0.6 is 11.8 Å². The summed E-state index contributed by atoms with van der Waals surface area (Å²) in [6.45, 7) is 3.49. The van der Waals surface area contributed by atoms with Crippen molar-refractivity contribution in [3.05, 3.63) is 23.9 Å². The van der Waals surface area contributed by atoms with E-state index in [2.05, 4.69) is 4.98 Å². The number of ketones is 1. The average Bonchev–Trinajstić information content (AvgIpc) is 2.18. The molecule has 1 heterocycles. The van der Waals surface area contributed by atoms with Gasteiger partial charge < -0.3 is 5.11 Å². The van der Waals surface area contributed by atoms with Crippen molar-refractivity contribution >= 4 is 17.5 Å². The van der Waals surface area contributed by atoms with E-state index >= 15 is 0 Å². The van der Waals surface area contributed by atoms with Crippen LogP contribution in [-0.4, -0.2) is 27.7 Å². The van der Waals surface area contributed by atoms with Crippen molar-refractivity contribution in [2.75, 3.05) is 6.61 Å². The SMILES string of the molecule is CC(=O)c1cccnc1SC(C)CO. The van der Waals surface area contributed by atoms with Crippen LogP contribution in [0.4, 0.5) is 0 Å². The molecule has 0 aliphatic rings. The highest BCUT2D eigenvalue weighted by Crippen LogP contribution is 2.24. The van der Waals surface area contributed by atoms with E-state index in [-0.39, 0.29) is 17.6 Å². The molecule has 3 nitrogen and oxygen atoms in total. The number of carbonyl (C=O) groups is 1. The van der Waals surface area contributed by atoms with Crippen LogP contribution < -0.4 is 0 Å². The molecule has 0 saturated heterocycles. The number of carbonyl (C=O) groups excluding carboxylic acids is 1. The van der Waals surface area contributed by atoms with Crippen LogP contribution in [0, 0.1) is 0 Å². The Kier molecular flexibility index (Phi) is 4.10. The Morgan fingerprint density at radius 2 is 2.43 bits per heavy atom. The number of aliphatic hydroxyl groups is 1. The van der Waals surface area contributed by atoms with E-state index in [1.54, 1.807) is 18.3 Å². The monoisotopic (exact) mass is 211 g/mol. The summed E-state index contributed by atoms with van der Waals surface area (Å²) in [6, 6.07) is 3.49. The Balaban J connectivity index is 2.90. The summed E-state index contributed by atoms with van der Waals surface area (Å²) in [5.41, 5.74) is 0.623. The first-order valence-electron chi connectivity index (χ1n) is 4.38. The summed E-state index contributed by atoms with van der Waals surface area (Å²) in [6.07, 6.45) is 1.65.